The summed E-state index contributed by atoms with van der Waals surface area (Å²) >= 11 is 0. The number of anilines is 2. The molecule has 5 nitrogen and oxygen atoms in total. The minimum atomic E-state index is -0.457. The van der Waals surface area contributed by atoms with E-state index >= 15 is 0 Å². The second kappa shape index (κ2) is 2.99. The van der Waals surface area contributed by atoms with Crippen LogP contribution in [0.25, 0.3) is 11.4 Å². The van der Waals surface area contributed by atoms with Gasteiger partial charge in [0, 0.05) is 5.69 Å². The Morgan fingerprint density at radius 1 is 1.29 bits per heavy atom. The van der Waals surface area contributed by atoms with Crippen LogP contribution in [0.15, 0.2) is 18.2 Å². The number of benzene rings is 1. The van der Waals surface area contributed by atoms with Gasteiger partial charge in [-0.1, -0.05) is 0 Å². The van der Waals surface area contributed by atoms with Gasteiger partial charge in [-0.05, 0) is 18.2 Å². The Balaban J connectivity index is 2.52. The van der Waals surface area contributed by atoms with Crippen LogP contribution in [0.3, 0.4) is 0 Å². The van der Waals surface area contributed by atoms with E-state index in [-0.39, 0.29) is 5.95 Å². The number of hydrogen-bond acceptors (Lipinski definition) is 4. The third-order valence-corrected chi connectivity index (χ3v) is 1.75. The quantitative estimate of drug-likeness (QED) is 0.583. The lowest BCUT2D eigenvalue weighted by Gasteiger charge is -1.99. The summed E-state index contributed by atoms with van der Waals surface area (Å²) in [5, 5.41) is 6.12. The Morgan fingerprint density at radius 3 is 2.64 bits per heavy atom. The first-order valence-electron chi connectivity index (χ1n) is 3.90. The van der Waals surface area contributed by atoms with Gasteiger partial charge in [0.2, 0.25) is 5.95 Å². The van der Waals surface area contributed by atoms with Gasteiger partial charge in [-0.25, -0.2) is 4.39 Å². The molecule has 14 heavy (non-hydrogen) atoms. The van der Waals surface area contributed by atoms with Crippen LogP contribution in [0.5, 0.6) is 0 Å². The lowest BCUT2D eigenvalue weighted by atomic mass is 10.2. The van der Waals surface area contributed by atoms with Crippen molar-refractivity contribution in [2.75, 3.05) is 11.5 Å². The maximum Gasteiger partial charge on any atom is 0.239 e. The summed E-state index contributed by atoms with van der Waals surface area (Å²) in [6.07, 6.45) is 0. The van der Waals surface area contributed by atoms with Crippen LogP contribution in [-0.2, 0) is 0 Å². The highest BCUT2D eigenvalue weighted by atomic mass is 19.1. The molecule has 72 valence electrons. The molecule has 0 radical (unpaired) electrons. The van der Waals surface area contributed by atoms with Crippen molar-refractivity contribution in [3.05, 3.63) is 24.0 Å². The van der Waals surface area contributed by atoms with Crippen molar-refractivity contribution >= 4 is 11.6 Å². The molecule has 0 unspecified atom stereocenters. The number of nitrogens with one attached hydrogen (secondary N) is 1. The number of halogens is 1. The second-order valence-corrected chi connectivity index (χ2v) is 2.78. The van der Waals surface area contributed by atoms with Gasteiger partial charge in [0.25, 0.3) is 0 Å². The Labute approximate surface area is 79.0 Å². The summed E-state index contributed by atoms with van der Waals surface area (Å²) in [5.74, 6) is -0.0858. The summed E-state index contributed by atoms with van der Waals surface area (Å²) < 4.78 is 13.3. The van der Waals surface area contributed by atoms with Gasteiger partial charge in [0.15, 0.2) is 5.82 Å². The van der Waals surface area contributed by atoms with Crippen LogP contribution >= 0.6 is 0 Å². The number of aromatic nitrogens is 3. The fraction of sp³-hybridized carbons (Fsp3) is 0. The fourth-order valence-electron chi connectivity index (χ4n) is 1.12. The van der Waals surface area contributed by atoms with Gasteiger partial charge in [-0.3, -0.25) is 5.10 Å². The predicted molar refractivity (Wildman–Crippen MR) is 50.6 cm³/mol. The second-order valence-electron chi connectivity index (χ2n) is 2.78. The number of rotatable bonds is 1. The Morgan fingerprint density at radius 2 is 2.07 bits per heavy atom. The molecule has 1 aromatic carbocycles. The largest absolute Gasteiger partial charge is 0.399 e. The standard InChI is InChI=1S/C8H8FN5/c9-6-3-4(10)1-2-5(6)7-12-8(11)14-13-7/h1-3H,10H2,(H3,11,12,13,14). The van der Waals surface area contributed by atoms with E-state index in [9.17, 15) is 4.39 Å². The van der Waals surface area contributed by atoms with E-state index in [2.05, 4.69) is 15.2 Å². The SMILES string of the molecule is Nc1ccc(-c2nc(N)n[nH]2)c(F)c1. The first-order valence-corrected chi connectivity index (χ1v) is 3.90. The maximum atomic E-state index is 13.3. The highest BCUT2D eigenvalue weighted by Gasteiger charge is 2.08. The Kier molecular flexibility index (Phi) is 1.81. The van der Waals surface area contributed by atoms with Crippen molar-refractivity contribution < 1.29 is 4.39 Å². The van der Waals surface area contributed by atoms with Crippen LogP contribution in [0.4, 0.5) is 16.0 Å². The van der Waals surface area contributed by atoms with Crippen LogP contribution < -0.4 is 11.5 Å². The van der Waals surface area contributed by atoms with Crippen molar-refractivity contribution in [3.63, 3.8) is 0 Å². The van der Waals surface area contributed by atoms with E-state index < -0.39 is 5.82 Å². The molecule has 1 aromatic heterocycles. The van der Waals surface area contributed by atoms with E-state index in [0.29, 0.717) is 17.1 Å². The molecule has 0 spiro atoms. The van der Waals surface area contributed by atoms with Crippen molar-refractivity contribution in [2.45, 2.75) is 0 Å². The van der Waals surface area contributed by atoms with Crippen molar-refractivity contribution in [2.24, 2.45) is 0 Å². The van der Waals surface area contributed by atoms with Gasteiger partial charge < -0.3 is 11.5 Å². The molecule has 0 aliphatic heterocycles. The zero-order valence-corrected chi connectivity index (χ0v) is 7.16. The van der Waals surface area contributed by atoms with Crippen molar-refractivity contribution in [3.8, 4) is 11.4 Å². The normalized spacial score (nSPS) is 10.4. The molecular formula is C8H8FN5. The van der Waals surface area contributed by atoms with Crippen LogP contribution in [0, 0.1) is 5.82 Å². The van der Waals surface area contributed by atoms with Crippen LogP contribution in [0.1, 0.15) is 0 Å². The van der Waals surface area contributed by atoms with E-state index in [0.717, 1.165) is 0 Å². The molecule has 0 aliphatic rings. The average Bonchev–Trinajstić information content (AvgIpc) is 2.51. The minimum Gasteiger partial charge on any atom is -0.399 e. The molecule has 2 aromatic rings. The number of hydrogen-bond donors (Lipinski definition) is 3. The van der Waals surface area contributed by atoms with E-state index in [4.69, 9.17) is 11.5 Å². The topological polar surface area (TPSA) is 93.6 Å². The average molecular weight is 193 g/mol. The molecule has 5 N–H and O–H groups in total. The number of aromatic amines is 1. The summed E-state index contributed by atoms with van der Waals surface area (Å²) in [6, 6.07) is 4.32. The third-order valence-electron chi connectivity index (χ3n) is 1.75. The van der Waals surface area contributed by atoms with Gasteiger partial charge in [-0.2, -0.15) is 4.98 Å². The monoisotopic (exact) mass is 193 g/mol. The van der Waals surface area contributed by atoms with Gasteiger partial charge in [0.1, 0.15) is 5.82 Å². The summed E-state index contributed by atoms with van der Waals surface area (Å²) in [6.45, 7) is 0. The van der Waals surface area contributed by atoms with Gasteiger partial charge in [0.05, 0.1) is 5.56 Å². The number of nitrogen functional groups attached to an aromatic ring is 2. The van der Waals surface area contributed by atoms with Gasteiger partial charge in [-0.15, -0.1) is 5.10 Å². The molecule has 0 atom stereocenters. The Bertz CT molecular complexity index is 465. The first kappa shape index (κ1) is 8.49. The van der Waals surface area contributed by atoms with Crippen LogP contribution in [-0.4, -0.2) is 15.2 Å². The zero-order valence-electron chi connectivity index (χ0n) is 7.16. The van der Waals surface area contributed by atoms with E-state index in [1.807, 2.05) is 0 Å². The van der Waals surface area contributed by atoms with Crippen molar-refractivity contribution in [1.82, 2.24) is 15.2 Å². The smallest absolute Gasteiger partial charge is 0.239 e. The van der Waals surface area contributed by atoms with Gasteiger partial charge >= 0.3 is 0 Å². The maximum absolute atomic E-state index is 13.3. The molecule has 0 bridgehead atoms. The van der Waals surface area contributed by atoms with E-state index in [1.165, 1.54) is 12.1 Å². The molecule has 0 fully saturated rings. The molecule has 1 heterocycles. The Hall–Kier alpha value is -2.11. The number of H-pyrrole nitrogens is 1. The molecule has 2 rings (SSSR count). The number of nitrogens with zero attached hydrogens (tertiary/aromatic N) is 2. The van der Waals surface area contributed by atoms with Crippen molar-refractivity contribution in [1.29, 1.82) is 0 Å². The molecule has 0 aliphatic carbocycles. The lowest BCUT2D eigenvalue weighted by Crippen LogP contribution is -1.91. The third kappa shape index (κ3) is 1.37. The highest BCUT2D eigenvalue weighted by Crippen LogP contribution is 2.21. The minimum absolute atomic E-state index is 0.0798. The molecule has 0 saturated carbocycles. The summed E-state index contributed by atoms with van der Waals surface area (Å²) in [5.41, 5.74) is 11.3. The molecular weight excluding hydrogens is 185 g/mol. The molecule has 6 heteroatoms. The highest BCUT2D eigenvalue weighted by molar-refractivity contribution is 5.60. The lowest BCUT2D eigenvalue weighted by molar-refractivity contribution is 0.630. The number of nitrogens with two attached hydrogens (primary N) is 2. The summed E-state index contributed by atoms with van der Waals surface area (Å²) in [7, 11) is 0. The van der Waals surface area contributed by atoms with E-state index in [1.54, 1.807) is 6.07 Å². The molecule has 0 saturated heterocycles. The molecule has 0 amide bonds. The first-order chi connectivity index (χ1) is 6.66. The van der Waals surface area contributed by atoms with Crippen LogP contribution in [0.2, 0.25) is 0 Å². The summed E-state index contributed by atoms with van der Waals surface area (Å²) in [4.78, 5) is 3.80. The fourth-order valence-corrected chi connectivity index (χ4v) is 1.12. The zero-order chi connectivity index (χ0) is 10.1. The predicted octanol–water partition coefficient (Wildman–Crippen LogP) is 0.775.